The van der Waals surface area contributed by atoms with Crippen LogP contribution < -0.4 is 0 Å². The summed E-state index contributed by atoms with van der Waals surface area (Å²) >= 11 is 0. The predicted molar refractivity (Wildman–Crippen MR) is 86.9 cm³/mol. The van der Waals surface area contributed by atoms with Gasteiger partial charge in [-0.2, -0.15) is 0 Å². The van der Waals surface area contributed by atoms with Gasteiger partial charge in [0, 0.05) is 11.8 Å². The zero-order chi connectivity index (χ0) is 14.2. The summed E-state index contributed by atoms with van der Waals surface area (Å²) in [7, 11) is 0. The first kappa shape index (κ1) is 14.8. The highest BCUT2D eigenvalue weighted by molar-refractivity contribution is 5.64. The highest BCUT2D eigenvalue weighted by Crippen LogP contribution is 2.23. The number of unbranched alkanes of at least 4 members (excludes halogenated alkanes) is 4. The van der Waals surface area contributed by atoms with Crippen LogP contribution in [0.2, 0.25) is 0 Å². The van der Waals surface area contributed by atoms with Crippen molar-refractivity contribution in [1.29, 1.82) is 0 Å². The SMILES string of the molecule is CCCCCCCc1ccc(C)c(-c2ccccn2)c1. The first-order valence-electron chi connectivity index (χ1n) is 7.82. The molecule has 0 saturated carbocycles. The molecule has 1 heterocycles. The fraction of sp³-hybridized carbons (Fsp3) is 0.421. The van der Waals surface area contributed by atoms with E-state index < -0.39 is 0 Å². The summed E-state index contributed by atoms with van der Waals surface area (Å²) in [6.45, 7) is 4.42. The standard InChI is InChI=1S/C19H25N/c1-3-4-5-6-7-10-17-13-12-16(2)18(15-17)19-11-8-9-14-20-19/h8-9,11-15H,3-7,10H2,1-2H3. The van der Waals surface area contributed by atoms with Crippen molar-refractivity contribution in [2.75, 3.05) is 0 Å². The number of aromatic nitrogens is 1. The average molecular weight is 267 g/mol. The summed E-state index contributed by atoms with van der Waals surface area (Å²) in [6.07, 6.45) is 9.75. The molecule has 0 N–H and O–H groups in total. The van der Waals surface area contributed by atoms with Gasteiger partial charge >= 0.3 is 0 Å². The molecule has 1 aromatic heterocycles. The number of pyridine rings is 1. The van der Waals surface area contributed by atoms with Crippen LogP contribution in [0.15, 0.2) is 42.6 Å². The van der Waals surface area contributed by atoms with Crippen molar-refractivity contribution in [3.05, 3.63) is 53.7 Å². The van der Waals surface area contributed by atoms with Crippen LogP contribution in [0, 0.1) is 6.92 Å². The van der Waals surface area contributed by atoms with E-state index in [-0.39, 0.29) is 0 Å². The number of hydrogen-bond donors (Lipinski definition) is 0. The normalized spacial score (nSPS) is 10.7. The molecular formula is C19H25N. The van der Waals surface area contributed by atoms with Gasteiger partial charge in [0.1, 0.15) is 0 Å². The zero-order valence-corrected chi connectivity index (χ0v) is 12.7. The molecule has 106 valence electrons. The van der Waals surface area contributed by atoms with Crippen LogP contribution in [0.1, 0.15) is 50.2 Å². The summed E-state index contributed by atoms with van der Waals surface area (Å²) in [5.41, 5.74) is 5.10. The lowest BCUT2D eigenvalue weighted by Gasteiger charge is -2.08. The molecule has 0 spiro atoms. The van der Waals surface area contributed by atoms with Crippen LogP contribution in [-0.4, -0.2) is 4.98 Å². The fourth-order valence-corrected chi connectivity index (χ4v) is 2.56. The fourth-order valence-electron chi connectivity index (χ4n) is 2.56. The molecule has 1 aromatic carbocycles. The predicted octanol–water partition coefficient (Wildman–Crippen LogP) is 5.57. The lowest BCUT2D eigenvalue weighted by molar-refractivity contribution is 0.632. The van der Waals surface area contributed by atoms with Gasteiger partial charge in [0.15, 0.2) is 0 Å². The van der Waals surface area contributed by atoms with E-state index in [0.717, 1.165) is 5.69 Å². The van der Waals surface area contributed by atoms with Crippen LogP contribution in [0.25, 0.3) is 11.3 Å². The summed E-state index contributed by atoms with van der Waals surface area (Å²) in [4.78, 5) is 4.47. The van der Waals surface area contributed by atoms with Crippen molar-refractivity contribution >= 4 is 0 Å². The van der Waals surface area contributed by atoms with Crippen LogP contribution >= 0.6 is 0 Å². The molecular weight excluding hydrogens is 242 g/mol. The first-order chi connectivity index (χ1) is 9.81. The van der Waals surface area contributed by atoms with E-state index in [2.05, 4.69) is 49.2 Å². The Labute approximate surface area is 123 Å². The highest BCUT2D eigenvalue weighted by Gasteiger charge is 2.04. The number of rotatable bonds is 7. The monoisotopic (exact) mass is 267 g/mol. The van der Waals surface area contributed by atoms with Gasteiger partial charge < -0.3 is 0 Å². The molecule has 2 aromatic rings. The Hall–Kier alpha value is -1.63. The average Bonchev–Trinajstić information content (AvgIpc) is 2.49. The largest absolute Gasteiger partial charge is 0.256 e. The van der Waals surface area contributed by atoms with Crippen molar-refractivity contribution in [2.24, 2.45) is 0 Å². The first-order valence-corrected chi connectivity index (χ1v) is 7.82. The van der Waals surface area contributed by atoms with Gasteiger partial charge in [-0.15, -0.1) is 0 Å². The van der Waals surface area contributed by atoms with E-state index in [1.807, 2.05) is 12.3 Å². The van der Waals surface area contributed by atoms with E-state index in [1.165, 1.54) is 55.2 Å². The Morgan fingerprint density at radius 1 is 0.950 bits per heavy atom. The topological polar surface area (TPSA) is 12.9 Å². The number of aryl methyl sites for hydroxylation is 2. The van der Waals surface area contributed by atoms with Gasteiger partial charge in [-0.25, -0.2) is 0 Å². The van der Waals surface area contributed by atoms with Crippen molar-refractivity contribution in [2.45, 2.75) is 52.4 Å². The summed E-state index contributed by atoms with van der Waals surface area (Å²) < 4.78 is 0. The minimum atomic E-state index is 1.08. The molecule has 0 atom stereocenters. The minimum Gasteiger partial charge on any atom is -0.256 e. The molecule has 0 fully saturated rings. The van der Waals surface area contributed by atoms with Crippen LogP contribution in [-0.2, 0) is 6.42 Å². The zero-order valence-electron chi connectivity index (χ0n) is 12.7. The smallest absolute Gasteiger partial charge is 0.0704 e. The highest BCUT2D eigenvalue weighted by atomic mass is 14.7. The Kier molecular flexibility index (Phi) is 5.79. The van der Waals surface area contributed by atoms with E-state index in [9.17, 15) is 0 Å². The Morgan fingerprint density at radius 2 is 1.80 bits per heavy atom. The van der Waals surface area contributed by atoms with Crippen LogP contribution in [0.5, 0.6) is 0 Å². The summed E-state index contributed by atoms with van der Waals surface area (Å²) in [5.74, 6) is 0. The second-order valence-corrected chi connectivity index (χ2v) is 5.53. The number of benzene rings is 1. The van der Waals surface area contributed by atoms with E-state index in [4.69, 9.17) is 0 Å². The third kappa shape index (κ3) is 4.19. The molecule has 0 aliphatic heterocycles. The van der Waals surface area contributed by atoms with Crippen molar-refractivity contribution in [1.82, 2.24) is 4.98 Å². The second-order valence-electron chi connectivity index (χ2n) is 5.53. The maximum Gasteiger partial charge on any atom is 0.0704 e. The van der Waals surface area contributed by atoms with E-state index in [0.29, 0.717) is 0 Å². The molecule has 1 nitrogen and oxygen atoms in total. The molecule has 0 bridgehead atoms. The maximum atomic E-state index is 4.47. The van der Waals surface area contributed by atoms with E-state index >= 15 is 0 Å². The summed E-state index contributed by atoms with van der Waals surface area (Å²) in [6, 6.07) is 12.9. The maximum absolute atomic E-state index is 4.47. The molecule has 0 aliphatic rings. The van der Waals surface area contributed by atoms with Gasteiger partial charge in [0.2, 0.25) is 0 Å². The van der Waals surface area contributed by atoms with Crippen molar-refractivity contribution in [3.63, 3.8) is 0 Å². The van der Waals surface area contributed by atoms with Gasteiger partial charge in [-0.3, -0.25) is 4.98 Å². The molecule has 0 aliphatic carbocycles. The third-order valence-electron chi connectivity index (χ3n) is 3.81. The molecule has 20 heavy (non-hydrogen) atoms. The van der Waals surface area contributed by atoms with Gasteiger partial charge in [-0.1, -0.05) is 50.8 Å². The third-order valence-corrected chi connectivity index (χ3v) is 3.81. The van der Waals surface area contributed by atoms with Gasteiger partial charge in [-0.05, 0) is 49.1 Å². The number of hydrogen-bond acceptors (Lipinski definition) is 1. The lowest BCUT2D eigenvalue weighted by Crippen LogP contribution is -1.91. The second kappa shape index (κ2) is 7.84. The van der Waals surface area contributed by atoms with Crippen molar-refractivity contribution in [3.8, 4) is 11.3 Å². The van der Waals surface area contributed by atoms with Crippen LogP contribution in [0.4, 0.5) is 0 Å². The quantitative estimate of drug-likeness (QED) is 0.598. The van der Waals surface area contributed by atoms with Gasteiger partial charge in [0.25, 0.3) is 0 Å². The Bertz CT molecular complexity index is 517. The molecule has 0 radical (unpaired) electrons. The lowest BCUT2D eigenvalue weighted by atomic mass is 9.98. The van der Waals surface area contributed by atoms with Gasteiger partial charge in [0.05, 0.1) is 5.69 Å². The Balaban J connectivity index is 2.02. The van der Waals surface area contributed by atoms with E-state index in [1.54, 1.807) is 0 Å². The van der Waals surface area contributed by atoms with Crippen LogP contribution in [0.3, 0.4) is 0 Å². The molecule has 0 saturated heterocycles. The van der Waals surface area contributed by atoms with Crippen molar-refractivity contribution < 1.29 is 0 Å². The number of nitrogens with zero attached hydrogens (tertiary/aromatic N) is 1. The minimum absolute atomic E-state index is 1.08. The molecule has 0 amide bonds. The summed E-state index contributed by atoms with van der Waals surface area (Å²) in [5, 5.41) is 0. The molecule has 2 rings (SSSR count). The Morgan fingerprint density at radius 3 is 2.55 bits per heavy atom. The molecule has 0 unspecified atom stereocenters. The molecule has 1 heteroatoms.